The first kappa shape index (κ1) is 14.8. The maximum absolute atomic E-state index is 12.3. The van der Waals surface area contributed by atoms with Crippen LogP contribution in [0.5, 0.6) is 0 Å². The maximum atomic E-state index is 12.3. The fourth-order valence-electron chi connectivity index (χ4n) is 2.22. The number of nitrogens with zero attached hydrogens (tertiary/aromatic N) is 2. The molecule has 0 saturated heterocycles. The van der Waals surface area contributed by atoms with Crippen LogP contribution in [0.1, 0.15) is 11.3 Å². The molecule has 0 saturated carbocycles. The zero-order valence-electron chi connectivity index (χ0n) is 11.8. The summed E-state index contributed by atoms with van der Waals surface area (Å²) in [5.74, 6) is 0. The van der Waals surface area contributed by atoms with E-state index in [1.54, 1.807) is 42.0 Å². The third kappa shape index (κ3) is 2.78. The van der Waals surface area contributed by atoms with Crippen LogP contribution in [-0.2, 0) is 7.05 Å². The summed E-state index contributed by atoms with van der Waals surface area (Å²) in [6.45, 7) is 0. The van der Waals surface area contributed by atoms with Gasteiger partial charge in [-0.1, -0.05) is 47.5 Å². The fourth-order valence-corrected chi connectivity index (χ4v) is 2.69. The fraction of sp³-hybridized carbons (Fsp3) is 0.0588. The molecule has 1 aromatic heterocycles. The average molecular weight is 331 g/mol. The molecule has 0 fully saturated rings. The van der Waals surface area contributed by atoms with Gasteiger partial charge in [-0.15, -0.1) is 0 Å². The zero-order valence-corrected chi connectivity index (χ0v) is 13.3. The Balaban J connectivity index is 2.09. The molecule has 0 aliphatic carbocycles. The maximum Gasteiger partial charge on any atom is 0.276 e. The highest BCUT2D eigenvalue weighted by molar-refractivity contribution is 6.35. The summed E-state index contributed by atoms with van der Waals surface area (Å²) < 4.78 is 1.59. The zero-order chi connectivity index (χ0) is 15.7. The number of benzene rings is 2. The first-order valence-electron chi connectivity index (χ1n) is 6.65. The van der Waals surface area contributed by atoms with Crippen LogP contribution in [0.4, 0.5) is 0 Å². The van der Waals surface area contributed by atoms with Crippen LogP contribution >= 0.6 is 23.2 Å². The van der Waals surface area contributed by atoms with Crippen LogP contribution in [0.25, 0.3) is 23.2 Å². The molecule has 0 aliphatic heterocycles. The van der Waals surface area contributed by atoms with E-state index in [9.17, 15) is 4.79 Å². The molecule has 3 aromatic rings. The SMILES string of the molecule is Cn1c(=O)c(C=Cc2ccc(Cl)cc2Cl)nc2ccccc21. The molecule has 0 unspecified atom stereocenters. The van der Waals surface area contributed by atoms with Crippen LogP contribution in [0.15, 0.2) is 47.3 Å². The molecule has 1 heterocycles. The minimum absolute atomic E-state index is 0.153. The molecule has 2 aromatic carbocycles. The van der Waals surface area contributed by atoms with E-state index in [1.165, 1.54) is 0 Å². The van der Waals surface area contributed by atoms with Crippen LogP contribution in [0.3, 0.4) is 0 Å². The molecule has 22 heavy (non-hydrogen) atoms. The minimum atomic E-state index is -0.153. The summed E-state index contributed by atoms with van der Waals surface area (Å²) in [4.78, 5) is 16.7. The summed E-state index contributed by atoms with van der Waals surface area (Å²) >= 11 is 12.0. The van der Waals surface area contributed by atoms with Crippen LogP contribution in [-0.4, -0.2) is 9.55 Å². The molecule has 0 radical (unpaired) electrons. The molecule has 0 atom stereocenters. The summed E-state index contributed by atoms with van der Waals surface area (Å²) in [5.41, 5.74) is 2.57. The average Bonchev–Trinajstić information content (AvgIpc) is 2.51. The molecule has 0 N–H and O–H groups in total. The van der Waals surface area contributed by atoms with Gasteiger partial charge in [0.15, 0.2) is 0 Å². The van der Waals surface area contributed by atoms with Crippen molar-refractivity contribution < 1.29 is 0 Å². The van der Waals surface area contributed by atoms with Gasteiger partial charge in [0.25, 0.3) is 5.56 Å². The predicted molar refractivity (Wildman–Crippen MR) is 92.4 cm³/mol. The first-order valence-corrected chi connectivity index (χ1v) is 7.41. The smallest absolute Gasteiger partial charge is 0.276 e. The molecule has 3 rings (SSSR count). The van der Waals surface area contributed by atoms with Gasteiger partial charge in [-0.05, 0) is 35.9 Å². The van der Waals surface area contributed by atoms with E-state index in [4.69, 9.17) is 23.2 Å². The quantitative estimate of drug-likeness (QED) is 0.697. The van der Waals surface area contributed by atoms with Gasteiger partial charge >= 0.3 is 0 Å². The van der Waals surface area contributed by atoms with Gasteiger partial charge in [-0.2, -0.15) is 0 Å². The number of hydrogen-bond donors (Lipinski definition) is 0. The van der Waals surface area contributed by atoms with E-state index in [0.29, 0.717) is 15.7 Å². The topological polar surface area (TPSA) is 34.9 Å². The van der Waals surface area contributed by atoms with Crippen molar-refractivity contribution in [1.82, 2.24) is 9.55 Å². The van der Waals surface area contributed by atoms with E-state index < -0.39 is 0 Å². The van der Waals surface area contributed by atoms with Crippen molar-refractivity contribution in [2.75, 3.05) is 0 Å². The van der Waals surface area contributed by atoms with E-state index in [1.807, 2.05) is 24.3 Å². The molecule has 0 spiro atoms. The van der Waals surface area contributed by atoms with Gasteiger partial charge in [0.2, 0.25) is 0 Å². The Labute approximate surface area is 137 Å². The number of para-hydroxylation sites is 2. The van der Waals surface area contributed by atoms with Crippen molar-refractivity contribution >= 4 is 46.4 Å². The summed E-state index contributed by atoms with van der Waals surface area (Å²) in [5, 5.41) is 1.10. The Bertz CT molecular complexity index is 945. The van der Waals surface area contributed by atoms with E-state index in [0.717, 1.165) is 16.6 Å². The molecule has 0 bridgehead atoms. The predicted octanol–water partition coefficient (Wildman–Crippen LogP) is 4.41. The van der Waals surface area contributed by atoms with Crippen LogP contribution in [0.2, 0.25) is 10.0 Å². The Kier molecular flexibility index (Phi) is 4.01. The Morgan fingerprint density at radius 3 is 2.64 bits per heavy atom. The second-order valence-corrected chi connectivity index (χ2v) is 5.69. The molecular weight excluding hydrogens is 319 g/mol. The van der Waals surface area contributed by atoms with Gasteiger partial charge in [-0.25, -0.2) is 4.98 Å². The number of aryl methyl sites for hydroxylation is 1. The summed E-state index contributed by atoms with van der Waals surface area (Å²) in [7, 11) is 1.74. The van der Waals surface area contributed by atoms with Gasteiger partial charge in [0, 0.05) is 17.1 Å². The molecule has 5 heteroatoms. The lowest BCUT2D eigenvalue weighted by Gasteiger charge is -2.05. The number of aromatic nitrogens is 2. The van der Waals surface area contributed by atoms with Crippen molar-refractivity contribution in [2.45, 2.75) is 0 Å². The van der Waals surface area contributed by atoms with Crippen molar-refractivity contribution in [3.63, 3.8) is 0 Å². The minimum Gasteiger partial charge on any atom is -0.308 e. The van der Waals surface area contributed by atoms with E-state index >= 15 is 0 Å². The second-order valence-electron chi connectivity index (χ2n) is 4.85. The van der Waals surface area contributed by atoms with Gasteiger partial charge in [0.05, 0.1) is 11.0 Å². The third-order valence-corrected chi connectivity index (χ3v) is 3.95. The van der Waals surface area contributed by atoms with Gasteiger partial charge in [-0.3, -0.25) is 4.79 Å². The lowest BCUT2D eigenvalue weighted by atomic mass is 10.2. The van der Waals surface area contributed by atoms with E-state index in [2.05, 4.69) is 4.98 Å². The van der Waals surface area contributed by atoms with Crippen LogP contribution in [0, 0.1) is 0 Å². The number of hydrogen-bond acceptors (Lipinski definition) is 2. The largest absolute Gasteiger partial charge is 0.308 e. The highest BCUT2D eigenvalue weighted by Gasteiger charge is 2.06. The number of halogens is 2. The summed E-state index contributed by atoms with van der Waals surface area (Å²) in [6.07, 6.45) is 3.43. The Hall–Kier alpha value is -2.10. The lowest BCUT2D eigenvalue weighted by molar-refractivity contribution is 0.887. The number of rotatable bonds is 2. The molecule has 110 valence electrons. The second kappa shape index (κ2) is 5.95. The van der Waals surface area contributed by atoms with Gasteiger partial charge < -0.3 is 4.57 Å². The normalized spacial score (nSPS) is 11.4. The van der Waals surface area contributed by atoms with Crippen LogP contribution < -0.4 is 5.56 Å². The summed E-state index contributed by atoms with van der Waals surface area (Å²) in [6, 6.07) is 12.7. The Morgan fingerprint density at radius 1 is 1.09 bits per heavy atom. The van der Waals surface area contributed by atoms with Crippen molar-refractivity contribution in [2.24, 2.45) is 7.05 Å². The molecular formula is C17H12Cl2N2O. The first-order chi connectivity index (χ1) is 10.6. The monoisotopic (exact) mass is 330 g/mol. The Morgan fingerprint density at radius 2 is 1.86 bits per heavy atom. The highest BCUT2D eigenvalue weighted by atomic mass is 35.5. The van der Waals surface area contributed by atoms with E-state index in [-0.39, 0.29) is 5.56 Å². The van der Waals surface area contributed by atoms with Gasteiger partial charge in [0.1, 0.15) is 5.69 Å². The third-order valence-electron chi connectivity index (χ3n) is 3.39. The molecule has 3 nitrogen and oxygen atoms in total. The van der Waals surface area contributed by atoms with Crippen molar-refractivity contribution in [1.29, 1.82) is 0 Å². The number of fused-ring (bicyclic) bond motifs is 1. The van der Waals surface area contributed by atoms with Crippen molar-refractivity contribution in [3.8, 4) is 0 Å². The molecule has 0 aliphatic rings. The van der Waals surface area contributed by atoms with Crippen molar-refractivity contribution in [3.05, 3.63) is 74.1 Å². The standard InChI is InChI=1S/C17H12Cl2N2O/c1-21-16-5-3-2-4-14(16)20-15(17(21)22)9-7-11-6-8-12(18)10-13(11)19/h2-10H,1H3. The molecule has 0 amide bonds. The lowest BCUT2D eigenvalue weighted by Crippen LogP contribution is -2.21. The highest BCUT2D eigenvalue weighted by Crippen LogP contribution is 2.22.